The van der Waals surface area contributed by atoms with Crippen molar-refractivity contribution in [3.8, 4) is 0 Å². The van der Waals surface area contributed by atoms with Gasteiger partial charge in [-0.2, -0.15) is 0 Å². The lowest BCUT2D eigenvalue weighted by Gasteiger charge is -2.25. The predicted molar refractivity (Wildman–Crippen MR) is 120 cm³/mol. The first-order chi connectivity index (χ1) is 14.6. The van der Waals surface area contributed by atoms with E-state index in [9.17, 15) is 18.3 Å². The number of benzene rings is 2. The number of carbonyl (C=O) groups is 1. The van der Waals surface area contributed by atoms with Gasteiger partial charge in [-0.15, -0.1) is 0 Å². The number of hydrogen-bond donors (Lipinski definition) is 2. The number of nitrogens with zero attached hydrogens (tertiary/aromatic N) is 3. The van der Waals surface area contributed by atoms with E-state index in [1.165, 1.54) is 18.3 Å². The SMILES string of the molecule is Cc1cc(C)c(S(=O)(=O)N(CC(=O)O)c2ccc(Nc3ccnc(Cl)n3)cc2)c(C)c1. The van der Waals surface area contributed by atoms with E-state index in [-0.39, 0.29) is 15.9 Å². The molecule has 0 radical (unpaired) electrons. The van der Waals surface area contributed by atoms with Crippen LogP contribution in [0.1, 0.15) is 16.7 Å². The molecule has 0 aliphatic carbocycles. The van der Waals surface area contributed by atoms with Crippen LogP contribution in [0.5, 0.6) is 0 Å². The Bertz CT molecular complexity index is 1210. The zero-order valence-corrected chi connectivity index (χ0v) is 18.7. The lowest BCUT2D eigenvalue weighted by atomic mass is 10.1. The van der Waals surface area contributed by atoms with E-state index >= 15 is 0 Å². The van der Waals surface area contributed by atoms with Crippen molar-refractivity contribution in [2.75, 3.05) is 16.2 Å². The molecule has 0 saturated carbocycles. The molecule has 8 nitrogen and oxygen atoms in total. The molecule has 0 bridgehead atoms. The van der Waals surface area contributed by atoms with Crippen LogP contribution < -0.4 is 9.62 Å². The van der Waals surface area contributed by atoms with Gasteiger partial charge in [0.25, 0.3) is 10.0 Å². The second-order valence-corrected chi connectivity index (χ2v) is 9.15. The molecule has 2 aromatic carbocycles. The molecule has 0 fully saturated rings. The number of carboxylic acid groups (broad SMARTS) is 1. The number of sulfonamides is 1. The highest BCUT2D eigenvalue weighted by molar-refractivity contribution is 7.93. The third-order valence-corrected chi connectivity index (χ3v) is 6.75. The minimum atomic E-state index is -4.11. The molecule has 10 heteroatoms. The first-order valence-electron chi connectivity index (χ1n) is 9.26. The van der Waals surface area contributed by atoms with Crippen molar-refractivity contribution in [1.29, 1.82) is 0 Å². The lowest BCUT2D eigenvalue weighted by Crippen LogP contribution is -2.36. The smallest absolute Gasteiger partial charge is 0.324 e. The van der Waals surface area contributed by atoms with Crippen molar-refractivity contribution in [3.05, 3.63) is 70.6 Å². The van der Waals surface area contributed by atoms with Gasteiger partial charge in [-0.1, -0.05) is 17.7 Å². The molecule has 31 heavy (non-hydrogen) atoms. The Morgan fingerprint density at radius 2 is 1.71 bits per heavy atom. The standard InChI is InChI=1S/C21H21ClN4O4S/c1-13-10-14(2)20(15(3)11-13)31(29,30)26(12-19(27)28)17-6-4-16(5-7-17)24-18-8-9-23-21(22)25-18/h4-11H,12H2,1-3H3,(H,27,28)(H,23,24,25). The maximum absolute atomic E-state index is 13.5. The fourth-order valence-electron chi connectivity index (χ4n) is 3.39. The maximum Gasteiger partial charge on any atom is 0.324 e. The summed E-state index contributed by atoms with van der Waals surface area (Å²) in [5.74, 6) is -0.794. The van der Waals surface area contributed by atoms with E-state index < -0.39 is 22.5 Å². The summed E-state index contributed by atoms with van der Waals surface area (Å²) in [4.78, 5) is 19.4. The lowest BCUT2D eigenvalue weighted by molar-refractivity contribution is -0.135. The number of aryl methyl sites for hydroxylation is 3. The third kappa shape index (κ3) is 5.12. The van der Waals surface area contributed by atoms with Gasteiger partial charge < -0.3 is 10.4 Å². The van der Waals surface area contributed by atoms with Crippen LogP contribution in [0.3, 0.4) is 0 Å². The van der Waals surface area contributed by atoms with Crippen LogP contribution in [0, 0.1) is 20.8 Å². The van der Waals surface area contributed by atoms with Crippen molar-refractivity contribution in [1.82, 2.24) is 9.97 Å². The first-order valence-corrected chi connectivity index (χ1v) is 11.1. The Morgan fingerprint density at radius 3 is 2.26 bits per heavy atom. The van der Waals surface area contributed by atoms with Gasteiger partial charge in [0.05, 0.1) is 10.6 Å². The molecule has 0 spiro atoms. The van der Waals surface area contributed by atoms with Crippen LogP contribution in [0.4, 0.5) is 17.2 Å². The van der Waals surface area contributed by atoms with E-state index in [2.05, 4.69) is 15.3 Å². The Labute approximate surface area is 185 Å². The van der Waals surface area contributed by atoms with Gasteiger partial charge in [-0.3, -0.25) is 9.10 Å². The number of carboxylic acids is 1. The summed E-state index contributed by atoms with van der Waals surface area (Å²) < 4.78 is 27.8. The average molecular weight is 461 g/mol. The fraction of sp³-hybridized carbons (Fsp3) is 0.190. The monoisotopic (exact) mass is 460 g/mol. The Morgan fingerprint density at radius 1 is 1.10 bits per heavy atom. The number of aromatic nitrogens is 2. The van der Waals surface area contributed by atoms with Crippen molar-refractivity contribution < 1.29 is 18.3 Å². The molecule has 162 valence electrons. The molecule has 0 aliphatic heterocycles. The van der Waals surface area contributed by atoms with Crippen molar-refractivity contribution in [2.24, 2.45) is 0 Å². The summed E-state index contributed by atoms with van der Waals surface area (Å²) >= 11 is 5.78. The summed E-state index contributed by atoms with van der Waals surface area (Å²) in [6.45, 7) is 4.57. The zero-order chi connectivity index (χ0) is 22.8. The predicted octanol–water partition coefficient (Wildman–Crippen LogP) is 4.08. The molecule has 1 heterocycles. The second-order valence-electron chi connectivity index (χ2n) is 7.02. The van der Waals surface area contributed by atoms with E-state index in [1.54, 1.807) is 44.2 Å². The third-order valence-electron chi connectivity index (χ3n) is 4.49. The Kier molecular flexibility index (Phi) is 6.47. The molecular formula is C21H21ClN4O4S. The van der Waals surface area contributed by atoms with Crippen molar-refractivity contribution >= 4 is 44.8 Å². The Hall–Kier alpha value is -3.17. The van der Waals surface area contributed by atoms with Gasteiger partial charge in [0.1, 0.15) is 12.4 Å². The topological polar surface area (TPSA) is 112 Å². The normalized spacial score (nSPS) is 11.2. The van der Waals surface area contributed by atoms with Crippen LogP contribution in [0.15, 0.2) is 53.6 Å². The number of aliphatic carboxylic acids is 1. The number of nitrogens with one attached hydrogen (secondary N) is 1. The number of anilines is 3. The fourth-order valence-corrected chi connectivity index (χ4v) is 5.36. The number of hydrogen-bond acceptors (Lipinski definition) is 6. The molecule has 2 N–H and O–H groups in total. The van der Waals surface area contributed by atoms with Crippen LogP contribution in [0.2, 0.25) is 5.28 Å². The van der Waals surface area contributed by atoms with Crippen LogP contribution in [-0.4, -0.2) is 36.0 Å². The maximum atomic E-state index is 13.5. The minimum absolute atomic E-state index is 0.0872. The van der Waals surface area contributed by atoms with Gasteiger partial charge in [-0.25, -0.2) is 18.4 Å². The van der Waals surface area contributed by atoms with Crippen LogP contribution in [0.25, 0.3) is 0 Å². The van der Waals surface area contributed by atoms with E-state index in [4.69, 9.17) is 11.6 Å². The molecule has 0 aliphatic rings. The molecule has 0 unspecified atom stereocenters. The summed E-state index contributed by atoms with van der Waals surface area (Å²) in [6, 6.07) is 11.5. The molecule has 0 amide bonds. The zero-order valence-electron chi connectivity index (χ0n) is 17.1. The quantitative estimate of drug-likeness (QED) is 0.511. The second kappa shape index (κ2) is 8.91. The van der Waals surface area contributed by atoms with Crippen molar-refractivity contribution in [2.45, 2.75) is 25.7 Å². The molecular weight excluding hydrogens is 440 g/mol. The van der Waals surface area contributed by atoms with E-state index in [0.29, 0.717) is 22.6 Å². The van der Waals surface area contributed by atoms with Gasteiger partial charge in [0.15, 0.2) is 0 Å². The molecule has 0 saturated heterocycles. The Balaban J connectivity index is 1.98. The van der Waals surface area contributed by atoms with Gasteiger partial charge in [0.2, 0.25) is 5.28 Å². The largest absolute Gasteiger partial charge is 0.480 e. The van der Waals surface area contributed by atoms with Crippen LogP contribution in [-0.2, 0) is 14.8 Å². The van der Waals surface area contributed by atoms with Gasteiger partial charge in [0, 0.05) is 11.9 Å². The van der Waals surface area contributed by atoms with E-state index in [1.807, 2.05) is 6.92 Å². The molecule has 1 aromatic heterocycles. The summed E-state index contributed by atoms with van der Waals surface area (Å²) in [6.07, 6.45) is 1.50. The highest BCUT2D eigenvalue weighted by Crippen LogP contribution is 2.30. The summed E-state index contributed by atoms with van der Waals surface area (Å²) in [5, 5.41) is 12.5. The number of halogens is 1. The van der Waals surface area contributed by atoms with Crippen molar-refractivity contribution in [3.63, 3.8) is 0 Å². The van der Waals surface area contributed by atoms with Crippen LogP contribution >= 0.6 is 11.6 Å². The highest BCUT2D eigenvalue weighted by Gasteiger charge is 2.30. The van der Waals surface area contributed by atoms with Gasteiger partial charge in [-0.05, 0) is 73.8 Å². The number of rotatable bonds is 7. The summed E-state index contributed by atoms with van der Waals surface area (Å²) in [7, 11) is -4.11. The highest BCUT2D eigenvalue weighted by atomic mass is 35.5. The average Bonchev–Trinajstić information content (AvgIpc) is 2.65. The molecule has 3 aromatic rings. The first kappa shape index (κ1) is 22.5. The van der Waals surface area contributed by atoms with Gasteiger partial charge >= 0.3 is 5.97 Å². The molecule has 0 atom stereocenters. The molecule has 3 rings (SSSR count). The minimum Gasteiger partial charge on any atom is -0.480 e. The van der Waals surface area contributed by atoms with E-state index in [0.717, 1.165) is 9.87 Å². The summed E-state index contributed by atoms with van der Waals surface area (Å²) in [5.41, 5.74) is 2.90.